The lowest BCUT2D eigenvalue weighted by Gasteiger charge is -2.19. The minimum atomic E-state index is -0.478. The third-order valence-corrected chi connectivity index (χ3v) is 5.03. The maximum Gasteiger partial charge on any atom is 0.325 e. The molecule has 1 aliphatic heterocycles. The van der Waals surface area contributed by atoms with E-state index in [-0.39, 0.29) is 17.6 Å². The van der Waals surface area contributed by atoms with Crippen LogP contribution in [-0.4, -0.2) is 42.7 Å². The Balaban J connectivity index is 2.00. The number of thiocarbonyl (C=S) groups is 1. The lowest BCUT2D eigenvalue weighted by atomic mass is 10.2. The zero-order valence-corrected chi connectivity index (χ0v) is 15.8. The minimum Gasteiger partial charge on any atom is -0.497 e. The number of amides is 1. The number of thiophene rings is 1. The van der Waals surface area contributed by atoms with Gasteiger partial charge >= 0.3 is 5.97 Å². The molecule has 0 aliphatic carbocycles. The molecule has 3 rings (SSSR count). The highest BCUT2D eigenvalue weighted by Gasteiger charge is 2.40. The smallest absolute Gasteiger partial charge is 0.325 e. The molecule has 0 N–H and O–H groups in total. The van der Waals surface area contributed by atoms with Crippen molar-refractivity contribution in [3.63, 3.8) is 0 Å². The predicted molar refractivity (Wildman–Crippen MR) is 104 cm³/mol. The molecule has 0 bridgehead atoms. The molecule has 2 heterocycles. The number of esters is 1. The summed E-state index contributed by atoms with van der Waals surface area (Å²) < 4.78 is 9.89. The molecule has 134 valence electrons. The number of hydrogen-bond acceptors (Lipinski definition) is 6. The van der Waals surface area contributed by atoms with Crippen LogP contribution in [0.1, 0.15) is 4.88 Å². The van der Waals surface area contributed by atoms with Crippen molar-refractivity contribution in [2.24, 2.45) is 0 Å². The molecule has 1 fully saturated rings. The number of carbonyl (C=O) groups excluding carboxylic acids is 2. The molecule has 1 saturated heterocycles. The molecule has 8 heteroatoms. The van der Waals surface area contributed by atoms with Crippen LogP contribution in [0.15, 0.2) is 47.5 Å². The molecule has 0 radical (unpaired) electrons. The van der Waals surface area contributed by atoms with Gasteiger partial charge in [-0.05, 0) is 54.0 Å². The van der Waals surface area contributed by atoms with Crippen molar-refractivity contribution in [3.8, 4) is 5.75 Å². The number of ether oxygens (including phenoxy) is 2. The van der Waals surface area contributed by atoms with Gasteiger partial charge in [-0.15, -0.1) is 11.3 Å². The fourth-order valence-electron chi connectivity index (χ4n) is 2.49. The van der Waals surface area contributed by atoms with Crippen molar-refractivity contribution in [3.05, 3.63) is 52.4 Å². The average Bonchev–Trinajstić information content (AvgIpc) is 3.24. The summed E-state index contributed by atoms with van der Waals surface area (Å²) in [7, 11) is 2.87. The standard InChI is InChI=1S/C18H16N2O4S2/c1-23-13-7-5-12(6-8-13)20-17(22)15(10-14-4-3-9-26-14)19(18(20)25)11-16(21)24-2/h3-10H,11H2,1-2H3/b15-10+. The Morgan fingerprint density at radius 2 is 1.96 bits per heavy atom. The summed E-state index contributed by atoms with van der Waals surface area (Å²) in [6, 6.07) is 10.8. The summed E-state index contributed by atoms with van der Waals surface area (Å²) in [6.07, 6.45) is 1.73. The molecule has 0 saturated carbocycles. The Bertz CT molecular complexity index is 860. The largest absolute Gasteiger partial charge is 0.497 e. The van der Waals surface area contributed by atoms with Gasteiger partial charge in [0.15, 0.2) is 5.11 Å². The maximum absolute atomic E-state index is 13.0. The average molecular weight is 388 g/mol. The number of hydrogen-bond donors (Lipinski definition) is 0. The van der Waals surface area contributed by atoms with Gasteiger partial charge < -0.3 is 14.4 Å². The highest BCUT2D eigenvalue weighted by Crippen LogP contribution is 2.30. The van der Waals surface area contributed by atoms with Crippen molar-refractivity contribution in [2.75, 3.05) is 25.7 Å². The van der Waals surface area contributed by atoms with E-state index in [1.54, 1.807) is 37.5 Å². The van der Waals surface area contributed by atoms with Crippen LogP contribution in [0.4, 0.5) is 5.69 Å². The highest BCUT2D eigenvalue weighted by molar-refractivity contribution is 7.80. The van der Waals surface area contributed by atoms with Gasteiger partial charge in [0.05, 0.1) is 19.9 Å². The van der Waals surface area contributed by atoms with E-state index in [1.165, 1.54) is 28.2 Å². The third kappa shape index (κ3) is 3.47. The number of methoxy groups -OCH3 is 2. The van der Waals surface area contributed by atoms with Gasteiger partial charge in [0, 0.05) is 4.88 Å². The Morgan fingerprint density at radius 1 is 1.23 bits per heavy atom. The maximum atomic E-state index is 13.0. The SMILES string of the molecule is COC(=O)CN1C(=S)N(c2ccc(OC)cc2)C(=O)/C1=C\c1cccs1. The first-order valence-corrected chi connectivity index (χ1v) is 8.96. The number of carbonyl (C=O) groups is 2. The van der Waals surface area contributed by atoms with Crippen LogP contribution in [0.5, 0.6) is 5.75 Å². The summed E-state index contributed by atoms with van der Waals surface area (Å²) in [5, 5.41) is 2.14. The van der Waals surface area contributed by atoms with Crippen molar-refractivity contribution in [2.45, 2.75) is 0 Å². The second-order valence-electron chi connectivity index (χ2n) is 5.33. The lowest BCUT2D eigenvalue weighted by molar-refractivity contribution is -0.140. The number of rotatable bonds is 5. The second kappa shape index (κ2) is 7.67. The molecule has 2 aromatic rings. The fourth-order valence-corrected chi connectivity index (χ4v) is 3.50. The van der Waals surface area contributed by atoms with Crippen LogP contribution >= 0.6 is 23.6 Å². The molecule has 1 aliphatic rings. The molecular weight excluding hydrogens is 372 g/mol. The number of anilines is 1. The van der Waals surface area contributed by atoms with Gasteiger partial charge in [0.1, 0.15) is 18.0 Å². The third-order valence-electron chi connectivity index (χ3n) is 3.80. The molecule has 6 nitrogen and oxygen atoms in total. The van der Waals surface area contributed by atoms with Crippen LogP contribution in [0, 0.1) is 0 Å². The van der Waals surface area contributed by atoms with Crippen LogP contribution < -0.4 is 9.64 Å². The van der Waals surface area contributed by atoms with Crippen LogP contribution in [0.2, 0.25) is 0 Å². The van der Waals surface area contributed by atoms with Crippen LogP contribution in [-0.2, 0) is 14.3 Å². The highest BCUT2D eigenvalue weighted by atomic mass is 32.1. The summed E-state index contributed by atoms with van der Waals surface area (Å²) in [5.41, 5.74) is 0.934. The van der Waals surface area contributed by atoms with Gasteiger partial charge in [-0.2, -0.15) is 0 Å². The molecule has 1 aromatic heterocycles. The molecule has 1 amide bonds. The quantitative estimate of drug-likeness (QED) is 0.446. The number of benzene rings is 1. The van der Waals surface area contributed by atoms with E-state index in [2.05, 4.69) is 0 Å². The summed E-state index contributed by atoms with van der Waals surface area (Å²) in [4.78, 5) is 28.6. The first-order chi connectivity index (χ1) is 12.5. The monoisotopic (exact) mass is 388 g/mol. The van der Waals surface area contributed by atoms with Crippen molar-refractivity contribution in [1.82, 2.24) is 4.90 Å². The van der Waals surface area contributed by atoms with E-state index in [1.807, 2.05) is 17.5 Å². The second-order valence-corrected chi connectivity index (χ2v) is 6.67. The zero-order chi connectivity index (χ0) is 18.7. The van der Waals surface area contributed by atoms with Crippen molar-refractivity contribution < 1.29 is 19.1 Å². The van der Waals surface area contributed by atoms with E-state index >= 15 is 0 Å². The van der Waals surface area contributed by atoms with E-state index in [0.29, 0.717) is 17.1 Å². The fraction of sp³-hybridized carbons (Fsp3) is 0.167. The zero-order valence-electron chi connectivity index (χ0n) is 14.2. The molecule has 0 unspecified atom stereocenters. The predicted octanol–water partition coefficient (Wildman–Crippen LogP) is 2.90. The molecular formula is C18H16N2O4S2. The Hall–Kier alpha value is -2.71. The van der Waals surface area contributed by atoms with E-state index in [9.17, 15) is 9.59 Å². The minimum absolute atomic E-state index is 0.134. The summed E-state index contributed by atoms with van der Waals surface area (Å²) in [6.45, 7) is -0.134. The van der Waals surface area contributed by atoms with Gasteiger partial charge in [0.2, 0.25) is 0 Å². The van der Waals surface area contributed by atoms with Crippen molar-refractivity contribution in [1.29, 1.82) is 0 Å². The molecule has 26 heavy (non-hydrogen) atoms. The topological polar surface area (TPSA) is 59.1 Å². The first-order valence-electron chi connectivity index (χ1n) is 7.67. The summed E-state index contributed by atoms with van der Waals surface area (Å²) in [5.74, 6) is -0.0987. The molecule has 0 atom stereocenters. The number of nitrogens with zero attached hydrogens (tertiary/aromatic N) is 2. The van der Waals surface area contributed by atoms with Crippen molar-refractivity contribution >= 4 is 52.3 Å². The van der Waals surface area contributed by atoms with Gasteiger partial charge in [-0.1, -0.05) is 6.07 Å². The lowest BCUT2D eigenvalue weighted by Crippen LogP contribution is -2.35. The van der Waals surface area contributed by atoms with Gasteiger partial charge in [-0.3, -0.25) is 14.5 Å². The Morgan fingerprint density at radius 3 is 2.54 bits per heavy atom. The Labute approximate surface area is 160 Å². The van der Waals surface area contributed by atoms with Crippen LogP contribution in [0.3, 0.4) is 0 Å². The summed E-state index contributed by atoms with van der Waals surface area (Å²) >= 11 is 6.97. The van der Waals surface area contributed by atoms with E-state index in [0.717, 1.165) is 4.88 Å². The van der Waals surface area contributed by atoms with Gasteiger partial charge in [0.25, 0.3) is 5.91 Å². The van der Waals surface area contributed by atoms with Crippen LogP contribution in [0.25, 0.3) is 6.08 Å². The molecule has 1 aromatic carbocycles. The van der Waals surface area contributed by atoms with Gasteiger partial charge in [-0.25, -0.2) is 0 Å². The first kappa shape index (κ1) is 18.1. The molecule has 0 spiro atoms. The Kier molecular flexibility index (Phi) is 5.34. The normalized spacial score (nSPS) is 15.7. The van der Waals surface area contributed by atoms with E-state index in [4.69, 9.17) is 21.7 Å². The van der Waals surface area contributed by atoms with E-state index < -0.39 is 5.97 Å².